The zero-order chi connectivity index (χ0) is 16.1. The Bertz CT molecular complexity index is 938. The summed E-state index contributed by atoms with van der Waals surface area (Å²) in [5.41, 5.74) is 0. The summed E-state index contributed by atoms with van der Waals surface area (Å²) in [6, 6.07) is 15.0. The zero-order valence-corrected chi connectivity index (χ0v) is 12.7. The van der Waals surface area contributed by atoms with Crippen LogP contribution in [-0.2, 0) is 0 Å². The van der Waals surface area contributed by atoms with Gasteiger partial charge in [-0.3, -0.25) is 9.97 Å². The molecular formula is C19H16N2O2. The maximum Gasteiger partial charge on any atom is 0.119 e. The molecule has 0 saturated carbocycles. The molecule has 23 heavy (non-hydrogen) atoms. The Morgan fingerprint density at radius 3 is 2.00 bits per heavy atom. The minimum atomic E-state index is 0.295. The van der Waals surface area contributed by atoms with Crippen molar-refractivity contribution in [3.63, 3.8) is 0 Å². The highest BCUT2D eigenvalue weighted by atomic mass is 16.5. The molecule has 2 aromatic carbocycles. The van der Waals surface area contributed by atoms with E-state index in [2.05, 4.69) is 9.97 Å². The van der Waals surface area contributed by atoms with Crippen LogP contribution in [0.2, 0.25) is 0 Å². The lowest BCUT2D eigenvalue weighted by Crippen LogP contribution is -1.82. The first-order chi connectivity index (χ1) is 11.3. The first kappa shape index (κ1) is 14.8. The van der Waals surface area contributed by atoms with E-state index in [1.165, 1.54) is 0 Å². The van der Waals surface area contributed by atoms with E-state index >= 15 is 0 Å². The molecule has 2 aromatic heterocycles. The molecule has 4 aromatic rings. The van der Waals surface area contributed by atoms with Crippen molar-refractivity contribution in [2.75, 3.05) is 7.11 Å². The minimum Gasteiger partial charge on any atom is -0.508 e. The van der Waals surface area contributed by atoms with Crippen LogP contribution in [-0.4, -0.2) is 22.2 Å². The Morgan fingerprint density at radius 2 is 1.35 bits per heavy atom. The number of benzene rings is 2. The smallest absolute Gasteiger partial charge is 0.119 e. The van der Waals surface area contributed by atoms with Crippen molar-refractivity contribution in [1.29, 1.82) is 0 Å². The molecule has 0 fully saturated rings. The topological polar surface area (TPSA) is 55.2 Å². The van der Waals surface area contributed by atoms with Gasteiger partial charge in [-0.1, -0.05) is 0 Å². The average molecular weight is 304 g/mol. The van der Waals surface area contributed by atoms with Crippen molar-refractivity contribution in [3.8, 4) is 11.5 Å². The predicted molar refractivity (Wildman–Crippen MR) is 91.7 cm³/mol. The first-order valence-electron chi connectivity index (χ1n) is 7.17. The van der Waals surface area contributed by atoms with Gasteiger partial charge in [0.25, 0.3) is 0 Å². The van der Waals surface area contributed by atoms with Crippen LogP contribution in [0.4, 0.5) is 0 Å². The predicted octanol–water partition coefficient (Wildman–Crippen LogP) is 4.18. The molecule has 4 heteroatoms. The van der Waals surface area contributed by atoms with Crippen LogP contribution >= 0.6 is 0 Å². The number of phenolic OH excluding ortho intramolecular Hbond substituents is 1. The van der Waals surface area contributed by atoms with Gasteiger partial charge < -0.3 is 9.84 Å². The SMILES string of the molecule is COc1ccc2cnccc2c1.Oc1ccc2cnccc2c1. The molecule has 0 aliphatic heterocycles. The van der Waals surface area contributed by atoms with Crippen LogP contribution in [0.1, 0.15) is 0 Å². The van der Waals surface area contributed by atoms with E-state index in [4.69, 9.17) is 9.84 Å². The van der Waals surface area contributed by atoms with Crippen molar-refractivity contribution >= 4 is 21.5 Å². The number of rotatable bonds is 1. The molecule has 0 spiro atoms. The number of pyridine rings is 2. The van der Waals surface area contributed by atoms with E-state index in [-0.39, 0.29) is 0 Å². The average Bonchev–Trinajstić information content (AvgIpc) is 2.61. The lowest BCUT2D eigenvalue weighted by molar-refractivity contribution is 0.415. The standard InChI is InChI=1S/C10H9NO.C9H7NO/c1-12-10-3-2-9-7-11-5-4-8(9)6-10;11-9-2-1-8-6-10-4-3-7(8)5-9/h2-7H,1H3;1-6,11H. The maximum absolute atomic E-state index is 9.11. The largest absolute Gasteiger partial charge is 0.508 e. The van der Waals surface area contributed by atoms with E-state index in [0.717, 1.165) is 27.3 Å². The van der Waals surface area contributed by atoms with Gasteiger partial charge in [-0.25, -0.2) is 0 Å². The van der Waals surface area contributed by atoms with Gasteiger partial charge >= 0.3 is 0 Å². The van der Waals surface area contributed by atoms with Crippen molar-refractivity contribution in [3.05, 3.63) is 73.3 Å². The number of hydrogen-bond donors (Lipinski definition) is 1. The summed E-state index contributed by atoms with van der Waals surface area (Å²) in [4.78, 5) is 7.99. The molecule has 4 rings (SSSR count). The summed E-state index contributed by atoms with van der Waals surface area (Å²) in [5, 5.41) is 13.5. The molecule has 2 heterocycles. The summed E-state index contributed by atoms with van der Waals surface area (Å²) in [6.07, 6.45) is 7.10. The molecule has 114 valence electrons. The van der Waals surface area contributed by atoms with E-state index in [1.54, 1.807) is 37.8 Å². The number of aromatic nitrogens is 2. The molecule has 0 aliphatic rings. The highest BCUT2D eigenvalue weighted by molar-refractivity contribution is 5.83. The van der Waals surface area contributed by atoms with Crippen LogP contribution in [0.5, 0.6) is 11.5 Å². The van der Waals surface area contributed by atoms with Crippen molar-refractivity contribution in [1.82, 2.24) is 9.97 Å². The number of nitrogens with zero attached hydrogens (tertiary/aromatic N) is 2. The van der Waals surface area contributed by atoms with E-state index in [1.807, 2.05) is 42.6 Å². The third-order valence-electron chi connectivity index (χ3n) is 3.47. The molecular weight excluding hydrogens is 288 g/mol. The van der Waals surface area contributed by atoms with Crippen LogP contribution in [0.3, 0.4) is 0 Å². The number of phenols is 1. The summed E-state index contributed by atoms with van der Waals surface area (Å²) in [5.74, 6) is 1.18. The quantitative estimate of drug-likeness (QED) is 0.573. The highest BCUT2D eigenvalue weighted by Gasteiger charge is 1.94. The molecule has 1 N–H and O–H groups in total. The summed E-state index contributed by atoms with van der Waals surface area (Å²) >= 11 is 0. The Hall–Kier alpha value is -3.14. The molecule has 0 bridgehead atoms. The van der Waals surface area contributed by atoms with Crippen LogP contribution in [0.25, 0.3) is 21.5 Å². The first-order valence-corrected chi connectivity index (χ1v) is 7.17. The zero-order valence-electron chi connectivity index (χ0n) is 12.7. The van der Waals surface area contributed by atoms with Crippen molar-refractivity contribution in [2.45, 2.75) is 0 Å². The van der Waals surface area contributed by atoms with Gasteiger partial charge in [-0.2, -0.15) is 0 Å². The summed E-state index contributed by atoms with van der Waals surface area (Å²) in [7, 11) is 1.67. The van der Waals surface area contributed by atoms with Gasteiger partial charge in [0.15, 0.2) is 0 Å². The van der Waals surface area contributed by atoms with Gasteiger partial charge in [0.1, 0.15) is 11.5 Å². The minimum absolute atomic E-state index is 0.295. The van der Waals surface area contributed by atoms with Crippen LogP contribution < -0.4 is 4.74 Å². The number of ether oxygens (including phenoxy) is 1. The van der Waals surface area contributed by atoms with Gasteiger partial charge in [0, 0.05) is 35.6 Å². The Kier molecular flexibility index (Phi) is 4.34. The molecule has 0 amide bonds. The lowest BCUT2D eigenvalue weighted by atomic mass is 10.2. The number of hydrogen-bond acceptors (Lipinski definition) is 4. The number of methoxy groups -OCH3 is 1. The van der Waals surface area contributed by atoms with Crippen molar-refractivity contribution in [2.24, 2.45) is 0 Å². The van der Waals surface area contributed by atoms with E-state index in [9.17, 15) is 0 Å². The summed E-state index contributed by atoms with van der Waals surface area (Å²) < 4.78 is 5.10. The Balaban J connectivity index is 0.000000136. The Morgan fingerprint density at radius 1 is 0.739 bits per heavy atom. The lowest BCUT2D eigenvalue weighted by Gasteiger charge is -2.00. The fourth-order valence-electron chi connectivity index (χ4n) is 2.26. The maximum atomic E-state index is 9.11. The molecule has 0 atom stereocenters. The fourth-order valence-corrected chi connectivity index (χ4v) is 2.26. The molecule has 4 nitrogen and oxygen atoms in total. The number of fused-ring (bicyclic) bond motifs is 2. The third kappa shape index (κ3) is 3.55. The van der Waals surface area contributed by atoms with Gasteiger partial charge in [-0.15, -0.1) is 0 Å². The molecule has 0 saturated heterocycles. The monoisotopic (exact) mass is 304 g/mol. The van der Waals surface area contributed by atoms with Crippen LogP contribution in [0, 0.1) is 0 Å². The Labute approximate surface area is 134 Å². The highest BCUT2D eigenvalue weighted by Crippen LogP contribution is 2.19. The fraction of sp³-hybridized carbons (Fsp3) is 0.0526. The van der Waals surface area contributed by atoms with Gasteiger partial charge in [-0.05, 0) is 59.3 Å². The second-order valence-corrected chi connectivity index (χ2v) is 5.00. The number of aromatic hydroxyl groups is 1. The summed E-state index contributed by atoms with van der Waals surface area (Å²) in [6.45, 7) is 0. The second kappa shape index (κ2) is 6.75. The van der Waals surface area contributed by atoms with Gasteiger partial charge in [0.2, 0.25) is 0 Å². The van der Waals surface area contributed by atoms with E-state index < -0.39 is 0 Å². The normalized spacial score (nSPS) is 10.1. The van der Waals surface area contributed by atoms with Crippen molar-refractivity contribution < 1.29 is 9.84 Å². The molecule has 0 unspecified atom stereocenters. The third-order valence-corrected chi connectivity index (χ3v) is 3.47. The van der Waals surface area contributed by atoms with E-state index in [0.29, 0.717) is 5.75 Å². The molecule has 0 radical (unpaired) electrons. The second-order valence-electron chi connectivity index (χ2n) is 5.00. The van der Waals surface area contributed by atoms with Crippen LogP contribution in [0.15, 0.2) is 73.3 Å². The van der Waals surface area contributed by atoms with Gasteiger partial charge in [0.05, 0.1) is 7.11 Å². The molecule has 0 aliphatic carbocycles.